The van der Waals surface area contributed by atoms with Crippen molar-refractivity contribution in [1.82, 2.24) is 5.32 Å². The number of amides is 1. The number of thiocarbonyl (C=S) groups is 1. The van der Waals surface area contributed by atoms with Crippen molar-refractivity contribution in [1.29, 1.82) is 0 Å². The predicted octanol–water partition coefficient (Wildman–Crippen LogP) is 1.35. The zero-order valence-corrected chi connectivity index (χ0v) is 11.5. The molecule has 0 aromatic heterocycles. The van der Waals surface area contributed by atoms with Gasteiger partial charge in [0, 0.05) is 11.1 Å². The second-order valence-electron chi connectivity index (χ2n) is 4.87. The summed E-state index contributed by atoms with van der Waals surface area (Å²) in [6.07, 6.45) is 3.22. The van der Waals surface area contributed by atoms with E-state index in [1.54, 1.807) is 24.3 Å². The molecule has 1 aliphatic carbocycles. The van der Waals surface area contributed by atoms with E-state index in [1.807, 2.05) is 0 Å². The second kappa shape index (κ2) is 6.12. The van der Waals surface area contributed by atoms with E-state index in [4.69, 9.17) is 18.0 Å². The maximum Gasteiger partial charge on any atom is 0.251 e. The molecule has 1 aliphatic rings. The number of rotatable bonds is 3. The summed E-state index contributed by atoms with van der Waals surface area (Å²) in [7, 11) is 0. The standard InChI is InChI=1S/C14H18N2O2S/c15-13(19)9-5-7-10(8-6-9)14(18)16-11-3-1-2-4-12(11)17/h5-8,11-12,17H,1-4H2,(H2,15,19)(H,16,18). The van der Waals surface area contributed by atoms with E-state index in [1.165, 1.54) is 0 Å². The highest BCUT2D eigenvalue weighted by Crippen LogP contribution is 2.18. The molecule has 1 fully saturated rings. The van der Waals surface area contributed by atoms with E-state index < -0.39 is 6.10 Å². The van der Waals surface area contributed by atoms with Gasteiger partial charge in [-0.2, -0.15) is 0 Å². The van der Waals surface area contributed by atoms with Crippen molar-refractivity contribution in [3.05, 3.63) is 35.4 Å². The van der Waals surface area contributed by atoms with Gasteiger partial charge in [0.1, 0.15) is 4.99 Å². The average Bonchev–Trinajstić information content (AvgIpc) is 2.41. The number of benzene rings is 1. The molecule has 4 nitrogen and oxygen atoms in total. The summed E-state index contributed by atoms with van der Waals surface area (Å²) >= 11 is 4.86. The number of carbonyl (C=O) groups is 1. The molecule has 2 unspecified atom stereocenters. The van der Waals surface area contributed by atoms with Crippen LogP contribution in [0.15, 0.2) is 24.3 Å². The Hall–Kier alpha value is -1.46. The van der Waals surface area contributed by atoms with Crippen molar-refractivity contribution < 1.29 is 9.90 Å². The van der Waals surface area contributed by atoms with Gasteiger partial charge in [-0.3, -0.25) is 4.79 Å². The third-order valence-corrected chi connectivity index (χ3v) is 3.71. The summed E-state index contributed by atoms with van der Waals surface area (Å²) < 4.78 is 0. The molecular formula is C14H18N2O2S. The molecule has 1 aromatic rings. The molecule has 0 heterocycles. The van der Waals surface area contributed by atoms with Crippen LogP contribution in [-0.4, -0.2) is 28.1 Å². The zero-order valence-electron chi connectivity index (χ0n) is 10.6. The van der Waals surface area contributed by atoms with Gasteiger partial charge in [0.05, 0.1) is 12.1 Å². The Bertz CT molecular complexity index is 473. The van der Waals surface area contributed by atoms with E-state index >= 15 is 0 Å². The van der Waals surface area contributed by atoms with E-state index in [2.05, 4.69) is 5.32 Å². The van der Waals surface area contributed by atoms with Crippen LogP contribution >= 0.6 is 12.2 Å². The maximum atomic E-state index is 12.1. The highest BCUT2D eigenvalue weighted by molar-refractivity contribution is 7.80. The largest absolute Gasteiger partial charge is 0.391 e. The van der Waals surface area contributed by atoms with E-state index in [0.717, 1.165) is 31.2 Å². The van der Waals surface area contributed by atoms with Gasteiger partial charge in [-0.05, 0) is 25.0 Å². The van der Waals surface area contributed by atoms with Crippen LogP contribution in [0.4, 0.5) is 0 Å². The van der Waals surface area contributed by atoms with E-state index in [0.29, 0.717) is 10.6 Å². The van der Waals surface area contributed by atoms with Crippen molar-refractivity contribution in [2.45, 2.75) is 37.8 Å². The van der Waals surface area contributed by atoms with Gasteiger partial charge in [-0.1, -0.05) is 37.2 Å². The molecule has 4 N–H and O–H groups in total. The Balaban J connectivity index is 2.01. The fourth-order valence-electron chi connectivity index (χ4n) is 2.32. The van der Waals surface area contributed by atoms with Gasteiger partial charge >= 0.3 is 0 Å². The Morgan fingerprint density at radius 3 is 2.37 bits per heavy atom. The van der Waals surface area contributed by atoms with Crippen molar-refractivity contribution in [2.75, 3.05) is 0 Å². The lowest BCUT2D eigenvalue weighted by Gasteiger charge is -2.28. The number of hydrogen-bond donors (Lipinski definition) is 3. The summed E-state index contributed by atoms with van der Waals surface area (Å²) in [6.45, 7) is 0. The lowest BCUT2D eigenvalue weighted by atomic mass is 9.92. The molecule has 102 valence electrons. The van der Waals surface area contributed by atoms with Crippen LogP contribution < -0.4 is 11.1 Å². The maximum absolute atomic E-state index is 12.1. The van der Waals surface area contributed by atoms with Gasteiger partial charge < -0.3 is 16.2 Å². The van der Waals surface area contributed by atoms with Crippen LogP contribution in [0.2, 0.25) is 0 Å². The third-order valence-electron chi connectivity index (χ3n) is 3.48. The summed E-state index contributed by atoms with van der Waals surface area (Å²) in [5.41, 5.74) is 6.80. The molecule has 0 saturated heterocycles. The number of hydrogen-bond acceptors (Lipinski definition) is 3. The SMILES string of the molecule is NC(=S)c1ccc(C(=O)NC2CCCCC2O)cc1. The zero-order chi connectivity index (χ0) is 13.8. The van der Waals surface area contributed by atoms with Crippen LogP contribution in [0.1, 0.15) is 41.6 Å². The van der Waals surface area contributed by atoms with Gasteiger partial charge in [0.15, 0.2) is 0 Å². The van der Waals surface area contributed by atoms with Gasteiger partial charge in [-0.15, -0.1) is 0 Å². The fourth-order valence-corrected chi connectivity index (χ4v) is 2.45. The Morgan fingerprint density at radius 2 is 1.79 bits per heavy atom. The summed E-state index contributed by atoms with van der Waals surface area (Å²) in [5.74, 6) is -0.166. The Morgan fingerprint density at radius 1 is 1.21 bits per heavy atom. The predicted molar refractivity (Wildman–Crippen MR) is 78.1 cm³/mol. The summed E-state index contributed by atoms with van der Waals surface area (Å²) in [6, 6.07) is 6.71. The quantitative estimate of drug-likeness (QED) is 0.730. The fraction of sp³-hybridized carbons (Fsp3) is 0.429. The lowest BCUT2D eigenvalue weighted by Crippen LogP contribution is -2.45. The number of carbonyl (C=O) groups excluding carboxylic acids is 1. The molecular weight excluding hydrogens is 260 g/mol. The van der Waals surface area contributed by atoms with Gasteiger partial charge in [0.25, 0.3) is 5.91 Å². The van der Waals surface area contributed by atoms with Crippen LogP contribution in [0, 0.1) is 0 Å². The summed E-state index contributed by atoms with van der Waals surface area (Å²) in [5, 5.41) is 12.7. The minimum atomic E-state index is -0.436. The monoisotopic (exact) mass is 278 g/mol. The van der Waals surface area contributed by atoms with Gasteiger partial charge in [-0.25, -0.2) is 0 Å². The minimum absolute atomic E-state index is 0.142. The first-order valence-electron chi connectivity index (χ1n) is 6.46. The topological polar surface area (TPSA) is 75.4 Å². The molecule has 1 saturated carbocycles. The molecule has 1 amide bonds. The highest BCUT2D eigenvalue weighted by atomic mass is 32.1. The minimum Gasteiger partial charge on any atom is -0.391 e. The highest BCUT2D eigenvalue weighted by Gasteiger charge is 2.24. The Kier molecular flexibility index (Phi) is 4.50. The first kappa shape index (κ1) is 14.0. The third kappa shape index (κ3) is 3.52. The van der Waals surface area contributed by atoms with Crippen molar-refractivity contribution in [3.8, 4) is 0 Å². The molecule has 0 aliphatic heterocycles. The van der Waals surface area contributed by atoms with E-state index in [-0.39, 0.29) is 11.9 Å². The number of nitrogens with one attached hydrogen (secondary N) is 1. The van der Waals surface area contributed by atoms with Crippen molar-refractivity contribution >= 4 is 23.1 Å². The number of nitrogens with two attached hydrogens (primary N) is 1. The molecule has 0 radical (unpaired) electrons. The Labute approximate surface area is 118 Å². The first-order valence-corrected chi connectivity index (χ1v) is 6.87. The first-order chi connectivity index (χ1) is 9.08. The molecule has 5 heteroatoms. The van der Waals surface area contributed by atoms with Crippen LogP contribution in [-0.2, 0) is 0 Å². The molecule has 2 rings (SSSR count). The van der Waals surface area contributed by atoms with Gasteiger partial charge in [0.2, 0.25) is 0 Å². The average molecular weight is 278 g/mol. The number of aliphatic hydroxyl groups excluding tert-OH is 1. The second-order valence-corrected chi connectivity index (χ2v) is 5.31. The smallest absolute Gasteiger partial charge is 0.251 e. The lowest BCUT2D eigenvalue weighted by molar-refractivity contribution is 0.0717. The molecule has 0 bridgehead atoms. The number of aliphatic hydroxyl groups is 1. The normalized spacial score (nSPS) is 22.8. The molecule has 1 aromatic carbocycles. The molecule has 19 heavy (non-hydrogen) atoms. The molecule has 0 spiro atoms. The summed E-state index contributed by atoms with van der Waals surface area (Å²) in [4.78, 5) is 12.4. The van der Waals surface area contributed by atoms with Crippen LogP contribution in [0.25, 0.3) is 0 Å². The van der Waals surface area contributed by atoms with Crippen LogP contribution in [0.5, 0.6) is 0 Å². The van der Waals surface area contributed by atoms with Crippen molar-refractivity contribution in [2.24, 2.45) is 5.73 Å². The molecule has 2 atom stereocenters. The van der Waals surface area contributed by atoms with E-state index in [9.17, 15) is 9.90 Å². The van der Waals surface area contributed by atoms with Crippen molar-refractivity contribution in [3.63, 3.8) is 0 Å². The van der Waals surface area contributed by atoms with Crippen LogP contribution in [0.3, 0.4) is 0 Å².